The van der Waals surface area contributed by atoms with Crippen LogP contribution in [-0.4, -0.2) is 29.3 Å². The highest BCUT2D eigenvalue weighted by molar-refractivity contribution is 7.80. The van der Waals surface area contributed by atoms with E-state index in [1.807, 2.05) is 6.92 Å². The van der Waals surface area contributed by atoms with Gasteiger partial charge in [0.15, 0.2) is 5.78 Å². The number of nitrogens with one attached hydrogen (secondary N) is 1. The van der Waals surface area contributed by atoms with Crippen molar-refractivity contribution in [3.63, 3.8) is 0 Å². The van der Waals surface area contributed by atoms with Crippen LogP contribution in [0, 0.1) is 0 Å². The lowest BCUT2D eigenvalue weighted by Gasteiger charge is -2.12. The van der Waals surface area contributed by atoms with Gasteiger partial charge in [-0.25, -0.2) is 0 Å². The lowest BCUT2D eigenvalue weighted by atomic mass is 10.1. The van der Waals surface area contributed by atoms with Crippen molar-refractivity contribution in [3.05, 3.63) is 0 Å². The Kier molecular flexibility index (Phi) is 7.03. The summed E-state index contributed by atoms with van der Waals surface area (Å²) in [6.45, 7) is 3.26. The van der Waals surface area contributed by atoms with Crippen molar-refractivity contribution in [3.8, 4) is 0 Å². The maximum absolute atomic E-state index is 11.3. The van der Waals surface area contributed by atoms with Gasteiger partial charge in [-0.15, -0.1) is 0 Å². The summed E-state index contributed by atoms with van der Waals surface area (Å²) >= 11 is 3.94. The molecule has 0 unspecified atom stereocenters. The lowest BCUT2D eigenvalue weighted by molar-refractivity contribution is -0.130. The summed E-state index contributed by atoms with van der Waals surface area (Å²) in [6, 6.07) is -0.588. The van der Waals surface area contributed by atoms with E-state index in [-0.39, 0.29) is 23.7 Å². The van der Waals surface area contributed by atoms with Crippen LogP contribution in [0.4, 0.5) is 0 Å². The molecule has 5 heteroatoms. The van der Waals surface area contributed by atoms with E-state index in [0.717, 1.165) is 6.42 Å². The summed E-state index contributed by atoms with van der Waals surface area (Å²) in [5.74, 6) is -0.399. The molecule has 0 aliphatic heterocycles. The Morgan fingerprint density at radius 2 is 1.93 bits per heavy atom. The van der Waals surface area contributed by atoms with E-state index in [2.05, 4.69) is 17.9 Å². The standard InChI is InChI=1S/C10H17NO3S/c1-3-4-8(13)5-10(14)11-9(6-15)7(2)12/h9,15H,3-6H2,1-2H3,(H,11,14)/t9-/m0/s1. The minimum absolute atomic E-state index is 0.100. The molecule has 0 fully saturated rings. The van der Waals surface area contributed by atoms with Gasteiger partial charge in [-0.05, 0) is 13.3 Å². The van der Waals surface area contributed by atoms with Crippen LogP contribution in [0.5, 0.6) is 0 Å². The average Bonchev–Trinajstić information content (AvgIpc) is 2.13. The number of Topliss-reactive ketones (excluding diaryl/α,β-unsaturated/α-hetero) is 2. The molecule has 0 saturated carbocycles. The van der Waals surface area contributed by atoms with Gasteiger partial charge in [0.25, 0.3) is 0 Å². The first-order valence-corrected chi connectivity index (χ1v) is 5.56. The summed E-state index contributed by atoms with van der Waals surface area (Å²) in [7, 11) is 0. The van der Waals surface area contributed by atoms with Crippen LogP contribution in [0.15, 0.2) is 0 Å². The second-order valence-corrected chi connectivity index (χ2v) is 3.74. The van der Waals surface area contributed by atoms with Crippen molar-refractivity contribution in [2.45, 2.75) is 39.2 Å². The zero-order chi connectivity index (χ0) is 11.8. The molecule has 0 radical (unpaired) electrons. The third-order valence-electron chi connectivity index (χ3n) is 1.90. The van der Waals surface area contributed by atoms with Crippen LogP contribution < -0.4 is 5.32 Å². The summed E-state index contributed by atoms with van der Waals surface area (Å²) in [5.41, 5.74) is 0. The van der Waals surface area contributed by atoms with Crippen molar-refractivity contribution in [1.29, 1.82) is 0 Å². The molecular formula is C10H17NO3S. The van der Waals surface area contributed by atoms with E-state index in [1.54, 1.807) is 0 Å². The van der Waals surface area contributed by atoms with Crippen molar-refractivity contribution in [1.82, 2.24) is 5.32 Å². The number of hydrogen-bond donors (Lipinski definition) is 2. The predicted molar refractivity (Wildman–Crippen MR) is 61.0 cm³/mol. The highest BCUT2D eigenvalue weighted by Crippen LogP contribution is 1.96. The van der Waals surface area contributed by atoms with Gasteiger partial charge in [0, 0.05) is 12.2 Å². The molecule has 0 aromatic carbocycles. The second kappa shape index (κ2) is 7.45. The predicted octanol–water partition coefficient (Wildman–Crippen LogP) is 0.749. The average molecular weight is 231 g/mol. The SMILES string of the molecule is CCCC(=O)CC(=O)N[C@@H](CS)C(C)=O. The number of amides is 1. The van der Waals surface area contributed by atoms with E-state index in [4.69, 9.17) is 0 Å². The maximum Gasteiger partial charge on any atom is 0.228 e. The van der Waals surface area contributed by atoms with E-state index in [0.29, 0.717) is 6.42 Å². The Morgan fingerprint density at radius 1 is 1.33 bits per heavy atom. The Hall–Kier alpha value is -0.840. The fourth-order valence-electron chi connectivity index (χ4n) is 1.07. The van der Waals surface area contributed by atoms with Gasteiger partial charge < -0.3 is 5.32 Å². The van der Waals surface area contributed by atoms with Crippen LogP contribution in [0.1, 0.15) is 33.1 Å². The van der Waals surface area contributed by atoms with Crippen LogP contribution >= 0.6 is 12.6 Å². The van der Waals surface area contributed by atoms with Crippen molar-refractivity contribution < 1.29 is 14.4 Å². The molecule has 86 valence electrons. The first-order chi connectivity index (χ1) is 7.01. The molecule has 1 N–H and O–H groups in total. The molecule has 15 heavy (non-hydrogen) atoms. The Balaban J connectivity index is 4.01. The smallest absolute Gasteiger partial charge is 0.228 e. The molecule has 0 aliphatic carbocycles. The van der Waals surface area contributed by atoms with Crippen LogP contribution in [0.2, 0.25) is 0 Å². The number of carbonyl (C=O) groups is 3. The zero-order valence-corrected chi connectivity index (χ0v) is 9.97. The molecule has 1 atom stereocenters. The summed E-state index contributed by atoms with van der Waals surface area (Å²) in [6.07, 6.45) is 0.985. The minimum Gasteiger partial charge on any atom is -0.345 e. The number of thiol groups is 1. The zero-order valence-electron chi connectivity index (χ0n) is 9.08. The molecule has 0 saturated heterocycles. The number of ketones is 2. The summed E-state index contributed by atoms with van der Waals surface area (Å²) in [5, 5.41) is 2.47. The first-order valence-electron chi connectivity index (χ1n) is 4.93. The van der Waals surface area contributed by atoms with E-state index in [1.165, 1.54) is 6.92 Å². The van der Waals surface area contributed by atoms with Crippen molar-refractivity contribution >= 4 is 30.1 Å². The maximum atomic E-state index is 11.3. The van der Waals surface area contributed by atoms with Gasteiger partial charge in [0.2, 0.25) is 5.91 Å². The van der Waals surface area contributed by atoms with Gasteiger partial charge in [0.1, 0.15) is 5.78 Å². The molecule has 0 heterocycles. The fourth-order valence-corrected chi connectivity index (χ4v) is 1.42. The third-order valence-corrected chi connectivity index (χ3v) is 2.26. The third kappa shape index (κ3) is 6.28. The monoisotopic (exact) mass is 231 g/mol. The number of hydrogen-bond acceptors (Lipinski definition) is 4. The molecule has 1 amide bonds. The van der Waals surface area contributed by atoms with Crippen molar-refractivity contribution in [2.24, 2.45) is 0 Å². The van der Waals surface area contributed by atoms with Crippen LogP contribution in [0.3, 0.4) is 0 Å². The summed E-state index contributed by atoms with van der Waals surface area (Å²) < 4.78 is 0. The van der Waals surface area contributed by atoms with Gasteiger partial charge in [-0.1, -0.05) is 6.92 Å². The van der Waals surface area contributed by atoms with Crippen LogP contribution in [-0.2, 0) is 14.4 Å². The number of rotatable bonds is 7. The van der Waals surface area contributed by atoms with Gasteiger partial charge in [-0.2, -0.15) is 12.6 Å². The molecule has 0 rings (SSSR count). The molecule has 4 nitrogen and oxygen atoms in total. The largest absolute Gasteiger partial charge is 0.345 e. The molecule has 0 aromatic rings. The highest BCUT2D eigenvalue weighted by atomic mass is 32.1. The highest BCUT2D eigenvalue weighted by Gasteiger charge is 2.16. The quantitative estimate of drug-likeness (QED) is 0.502. The molecule has 0 spiro atoms. The lowest BCUT2D eigenvalue weighted by Crippen LogP contribution is -2.41. The van der Waals surface area contributed by atoms with E-state index >= 15 is 0 Å². The first kappa shape index (κ1) is 14.2. The van der Waals surface area contributed by atoms with E-state index in [9.17, 15) is 14.4 Å². The van der Waals surface area contributed by atoms with Crippen molar-refractivity contribution in [2.75, 3.05) is 5.75 Å². The molecular weight excluding hydrogens is 214 g/mol. The Morgan fingerprint density at radius 3 is 2.33 bits per heavy atom. The van der Waals surface area contributed by atoms with E-state index < -0.39 is 11.9 Å². The van der Waals surface area contributed by atoms with Gasteiger partial charge >= 0.3 is 0 Å². The molecule has 0 bridgehead atoms. The van der Waals surface area contributed by atoms with Gasteiger partial charge in [0.05, 0.1) is 12.5 Å². The minimum atomic E-state index is -0.588. The Bertz CT molecular complexity index is 253. The summed E-state index contributed by atoms with van der Waals surface area (Å²) in [4.78, 5) is 33.4. The second-order valence-electron chi connectivity index (χ2n) is 3.38. The normalized spacial score (nSPS) is 11.9. The van der Waals surface area contributed by atoms with Crippen LogP contribution in [0.25, 0.3) is 0 Å². The number of carbonyl (C=O) groups excluding carboxylic acids is 3. The molecule has 0 aliphatic rings. The Labute approximate surface area is 95.2 Å². The van der Waals surface area contributed by atoms with Gasteiger partial charge in [-0.3, -0.25) is 14.4 Å². The fraction of sp³-hybridized carbons (Fsp3) is 0.700. The molecule has 0 aromatic heterocycles. The topological polar surface area (TPSA) is 63.2 Å².